The fourth-order valence-corrected chi connectivity index (χ4v) is 3.89. The normalized spacial score (nSPS) is 10.9. The average Bonchev–Trinajstić information content (AvgIpc) is 3.35. The Morgan fingerprint density at radius 1 is 0.857 bits per heavy atom. The maximum atomic E-state index is 5.52. The van der Waals surface area contributed by atoms with Gasteiger partial charge < -0.3 is 14.4 Å². The molecule has 35 heavy (non-hydrogen) atoms. The third-order valence-electron chi connectivity index (χ3n) is 5.66. The second kappa shape index (κ2) is 9.76. The van der Waals surface area contributed by atoms with Crippen LogP contribution in [0.2, 0.25) is 0 Å². The van der Waals surface area contributed by atoms with Crippen LogP contribution in [0.1, 0.15) is 5.82 Å². The topological polar surface area (TPSA) is 91.1 Å². The highest BCUT2D eigenvalue weighted by Crippen LogP contribution is 2.34. The van der Waals surface area contributed by atoms with Crippen LogP contribution in [0.3, 0.4) is 0 Å². The highest BCUT2D eigenvalue weighted by molar-refractivity contribution is 5.82. The average molecular weight is 468 g/mol. The summed E-state index contributed by atoms with van der Waals surface area (Å²) in [4.78, 5) is 20.4. The van der Waals surface area contributed by atoms with Crippen molar-refractivity contribution in [1.82, 2.24) is 29.7 Å². The third kappa shape index (κ3) is 4.89. The summed E-state index contributed by atoms with van der Waals surface area (Å²) in [5, 5.41) is 4.25. The fraction of sp³-hybridized carbons (Fsp3) is 0.192. The number of fused-ring (bicyclic) bond motifs is 1. The molecule has 176 valence electrons. The molecule has 3 aromatic heterocycles. The van der Waals surface area contributed by atoms with Gasteiger partial charge in [-0.2, -0.15) is 5.10 Å². The molecule has 0 fully saturated rings. The van der Waals surface area contributed by atoms with E-state index < -0.39 is 0 Å². The molecular formula is C26H25N7O2. The van der Waals surface area contributed by atoms with Crippen molar-refractivity contribution < 1.29 is 9.47 Å². The van der Waals surface area contributed by atoms with E-state index in [1.54, 1.807) is 43.7 Å². The molecule has 3 heterocycles. The number of ether oxygens (including phenoxy) is 2. The van der Waals surface area contributed by atoms with Crippen molar-refractivity contribution >= 4 is 22.4 Å². The number of rotatable bonds is 8. The predicted molar refractivity (Wildman–Crippen MR) is 134 cm³/mol. The van der Waals surface area contributed by atoms with Crippen molar-refractivity contribution in [3.63, 3.8) is 0 Å². The van der Waals surface area contributed by atoms with Crippen LogP contribution >= 0.6 is 0 Å². The summed E-state index contributed by atoms with van der Waals surface area (Å²) < 4.78 is 12.8. The number of hydrogen-bond acceptors (Lipinski definition) is 8. The molecule has 0 saturated carbocycles. The van der Waals surface area contributed by atoms with Crippen LogP contribution in [0, 0.1) is 0 Å². The van der Waals surface area contributed by atoms with Crippen LogP contribution in [-0.4, -0.2) is 50.5 Å². The highest BCUT2D eigenvalue weighted by atomic mass is 16.5. The van der Waals surface area contributed by atoms with E-state index >= 15 is 0 Å². The van der Waals surface area contributed by atoms with Crippen LogP contribution in [0.15, 0.2) is 73.4 Å². The number of methoxy groups -OCH3 is 2. The van der Waals surface area contributed by atoms with Gasteiger partial charge in [-0.15, -0.1) is 0 Å². The Balaban J connectivity index is 1.57. The van der Waals surface area contributed by atoms with Gasteiger partial charge in [-0.1, -0.05) is 0 Å². The number of benzene rings is 2. The Morgan fingerprint density at radius 3 is 2.31 bits per heavy atom. The zero-order chi connectivity index (χ0) is 24.2. The monoisotopic (exact) mass is 467 g/mol. The summed E-state index contributed by atoms with van der Waals surface area (Å²) in [5.74, 6) is 2.19. The van der Waals surface area contributed by atoms with Gasteiger partial charge in [-0.3, -0.25) is 9.67 Å². The van der Waals surface area contributed by atoms with E-state index in [0.717, 1.165) is 39.5 Å². The molecule has 0 aliphatic rings. The lowest BCUT2D eigenvalue weighted by molar-refractivity contribution is 0.394. The Bertz CT molecular complexity index is 1430. The second-order valence-electron chi connectivity index (χ2n) is 7.97. The Morgan fingerprint density at radius 2 is 1.63 bits per heavy atom. The van der Waals surface area contributed by atoms with Gasteiger partial charge in [0.15, 0.2) is 0 Å². The van der Waals surface area contributed by atoms with Crippen molar-refractivity contribution in [2.24, 2.45) is 7.05 Å². The van der Waals surface area contributed by atoms with Crippen molar-refractivity contribution in [2.75, 3.05) is 25.7 Å². The summed E-state index contributed by atoms with van der Waals surface area (Å²) in [6.07, 6.45) is 9.65. The summed E-state index contributed by atoms with van der Waals surface area (Å²) in [7, 11) is 5.17. The van der Waals surface area contributed by atoms with E-state index in [-0.39, 0.29) is 0 Å². The van der Waals surface area contributed by atoms with E-state index in [2.05, 4.69) is 25.0 Å². The zero-order valence-electron chi connectivity index (χ0n) is 19.8. The summed E-state index contributed by atoms with van der Waals surface area (Å²) in [6.45, 7) is 0.640. The molecule has 0 amide bonds. The molecule has 5 aromatic rings. The predicted octanol–water partition coefficient (Wildman–Crippen LogP) is 4.22. The first-order valence-corrected chi connectivity index (χ1v) is 11.2. The maximum Gasteiger partial charge on any atom is 0.129 e. The zero-order valence-corrected chi connectivity index (χ0v) is 19.8. The molecule has 0 atom stereocenters. The number of hydrogen-bond donors (Lipinski definition) is 0. The Labute approximate surface area is 203 Å². The van der Waals surface area contributed by atoms with E-state index in [9.17, 15) is 0 Å². The second-order valence-corrected chi connectivity index (χ2v) is 7.97. The van der Waals surface area contributed by atoms with Gasteiger partial charge >= 0.3 is 0 Å². The molecule has 0 saturated heterocycles. The van der Waals surface area contributed by atoms with E-state index in [1.807, 2.05) is 55.7 Å². The number of nitrogens with zero attached hydrogens (tertiary/aromatic N) is 7. The van der Waals surface area contributed by atoms with E-state index in [4.69, 9.17) is 14.5 Å². The molecule has 0 aliphatic heterocycles. The molecule has 0 aliphatic carbocycles. The van der Waals surface area contributed by atoms with Crippen molar-refractivity contribution in [3.05, 3.63) is 79.3 Å². The van der Waals surface area contributed by atoms with E-state index in [1.165, 1.54) is 0 Å². The first kappa shape index (κ1) is 22.3. The van der Waals surface area contributed by atoms with Crippen LogP contribution in [0.4, 0.5) is 11.4 Å². The van der Waals surface area contributed by atoms with Crippen LogP contribution < -0.4 is 14.4 Å². The summed E-state index contributed by atoms with van der Waals surface area (Å²) >= 11 is 0. The van der Waals surface area contributed by atoms with Gasteiger partial charge in [0.25, 0.3) is 0 Å². The molecule has 0 N–H and O–H groups in total. The van der Waals surface area contributed by atoms with Crippen LogP contribution in [0.25, 0.3) is 22.3 Å². The van der Waals surface area contributed by atoms with Gasteiger partial charge in [0, 0.05) is 73.7 Å². The van der Waals surface area contributed by atoms with Gasteiger partial charge in [-0.25, -0.2) is 15.0 Å². The number of anilines is 2. The van der Waals surface area contributed by atoms with Gasteiger partial charge in [-0.05, 0) is 24.3 Å². The van der Waals surface area contributed by atoms with Crippen LogP contribution in [-0.2, 0) is 13.5 Å². The first-order valence-electron chi connectivity index (χ1n) is 11.2. The number of aromatic nitrogens is 6. The minimum absolute atomic E-state index is 0.640. The largest absolute Gasteiger partial charge is 0.497 e. The molecular weight excluding hydrogens is 442 g/mol. The minimum atomic E-state index is 0.640. The molecule has 0 radical (unpaired) electrons. The van der Waals surface area contributed by atoms with Crippen molar-refractivity contribution in [2.45, 2.75) is 6.42 Å². The Hall–Kier alpha value is -4.53. The molecule has 0 unspecified atom stereocenters. The van der Waals surface area contributed by atoms with Crippen LogP contribution in [0.5, 0.6) is 11.5 Å². The molecule has 9 nitrogen and oxygen atoms in total. The van der Waals surface area contributed by atoms with Gasteiger partial charge in [0.2, 0.25) is 0 Å². The van der Waals surface area contributed by atoms with Gasteiger partial charge in [0.1, 0.15) is 17.3 Å². The standard InChI is InChI=1S/C26H25N7O2/c1-32-17-18(15-30-32)25-16-29-23-6-5-19(13-24(23)31-25)33(10-7-26-27-8-4-9-28-26)20-11-21(34-2)14-22(12-20)35-3/h4-6,8-9,11-17H,7,10H2,1-3H3. The minimum Gasteiger partial charge on any atom is -0.497 e. The lowest BCUT2D eigenvalue weighted by atomic mass is 10.1. The fourth-order valence-electron chi connectivity index (χ4n) is 3.89. The number of aryl methyl sites for hydroxylation is 1. The summed E-state index contributed by atoms with van der Waals surface area (Å²) in [6, 6.07) is 13.7. The first-order chi connectivity index (χ1) is 17.1. The maximum absolute atomic E-state index is 5.52. The molecule has 0 spiro atoms. The molecule has 5 rings (SSSR count). The van der Waals surface area contributed by atoms with Crippen molar-refractivity contribution in [1.29, 1.82) is 0 Å². The lowest BCUT2D eigenvalue weighted by Crippen LogP contribution is -2.21. The van der Waals surface area contributed by atoms with Gasteiger partial charge in [0.05, 0.1) is 43.3 Å². The molecule has 2 aromatic carbocycles. The smallest absolute Gasteiger partial charge is 0.129 e. The molecule has 9 heteroatoms. The Kier molecular flexibility index (Phi) is 6.21. The van der Waals surface area contributed by atoms with E-state index in [0.29, 0.717) is 24.5 Å². The third-order valence-corrected chi connectivity index (χ3v) is 5.66. The lowest BCUT2D eigenvalue weighted by Gasteiger charge is -2.26. The summed E-state index contributed by atoms with van der Waals surface area (Å²) in [5.41, 5.74) is 5.18. The SMILES string of the molecule is COc1cc(OC)cc(N(CCc2ncccn2)c2ccc3ncc(-c4cnn(C)c4)nc3c2)c1. The molecule has 0 bridgehead atoms. The highest BCUT2D eigenvalue weighted by Gasteiger charge is 2.15. The quantitative estimate of drug-likeness (QED) is 0.335. The van der Waals surface area contributed by atoms with Crippen molar-refractivity contribution in [3.8, 4) is 22.8 Å².